The number of nitrogens with zero attached hydrogens (tertiary/aromatic N) is 1. The molecule has 0 N–H and O–H groups in total. The standard InChI is InChI=1S/C17H10Br2F7NOS/c18-12-5-13(19)8-14(7-12,6-10-3-1-2-4-11(10)9-27)29(28)17(25,26)15(20,21)16(22,23)24/h1-4,7-8H,5-6H2. The minimum absolute atomic E-state index is 0.0191. The minimum atomic E-state index is -6.62. The number of nitriles is 1. The highest BCUT2D eigenvalue weighted by Crippen LogP contribution is 2.52. The van der Waals surface area contributed by atoms with Crippen molar-refractivity contribution in [1.82, 2.24) is 0 Å². The van der Waals surface area contributed by atoms with Crippen LogP contribution in [0.15, 0.2) is 45.4 Å². The van der Waals surface area contributed by atoms with Crippen LogP contribution in [0.3, 0.4) is 0 Å². The Hall–Kier alpha value is -1.19. The van der Waals surface area contributed by atoms with E-state index in [0.29, 0.717) is 0 Å². The van der Waals surface area contributed by atoms with E-state index < -0.39 is 39.3 Å². The predicted molar refractivity (Wildman–Crippen MR) is 100 cm³/mol. The van der Waals surface area contributed by atoms with Crippen LogP contribution in [-0.2, 0) is 17.2 Å². The molecule has 1 aromatic rings. The number of hydrogen-bond acceptors (Lipinski definition) is 2. The van der Waals surface area contributed by atoms with Crippen LogP contribution in [0.5, 0.6) is 0 Å². The van der Waals surface area contributed by atoms with Gasteiger partial charge in [0.05, 0.1) is 16.4 Å². The maximum Gasteiger partial charge on any atom is 0.461 e. The summed E-state index contributed by atoms with van der Waals surface area (Å²) in [6.45, 7) is 0. The molecule has 0 aliphatic heterocycles. The largest absolute Gasteiger partial charge is 0.461 e. The van der Waals surface area contributed by atoms with Crippen molar-refractivity contribution < 1.29 is 34.9 Å². The van der Waals surface area contributed by atoms with Crippen molar-refractivity contribution in [3.63, 3.8) is 0 Å². The second-order valence-electron chi connectivity index (χ2n) is 6.12. The fourth-order valence-electron chi connectivity index (χ4n) is 2.71. The average molecular weight is 569 g/mol. The first-order chi connectivity index (χ1) is 13.2. The average Bonchev–Trinajstić information content (AvgIpc) is 2.59. The third-order valence-electron chi connectivity index (χ3n) is 4.04. The van der Waals surface area contributed by atoms with Crippen LogP contribution in [-0.4, -0.2) is 26.3 Å². The molecule has 0 aromatic heterocycles. The van der Waals surface area contributed by atoms with Crippen LogP contribution in [0.2, 0.25) is 0 Å². The number of benzene rings is 1. The SMILES string of the molecule is N#Cc1ccccc1CC1(S(=O)C(F)(F)C(F)(F)C(F)(F)F)C=C(Br)CC(Br)=C1. The summed E-state index contributed by atoms with van der Waals surface area (Å²) in [5, 5.41) is 3.23. The van der Waals surface area contributed by atoms with E-state index in [0.717, 1.165) is 12.2 Å². The lowest BCUT2D eigenvalue weighted by atomic mass is 9.92. The minimum Gasteiger partial charge on any atom is -0.252 e. The Labute approximate surface area is 180 Å². The van der Waals surface area contributed by atoms with Gasteiger partial charge < -0.3 is 0 Å². The summed E-state index contributed by atoms with van der Waals surface area (Å²) in [5.74, 6) is -6.54. The van der Waals surface area contributed by atoms with E-state index in [4.69, 9.17) is 0 Å². The quantitative estimate of drug-likeness (QED) is 0.389. The number of alkyl halides is 7. The number of allylic oxidation sites excluding steroid dienone is 2. The molecule has 1 aliphatic carbocycles. The second-order valence-corrected chi connectivity index (χ2v) is 9.96. The normalized spacial score (nSPS) is 18.5. The van der Waals surface area contributed by atoms with Gasteiger partial charge in [-0.1, -0.05) is 62.2 Å². The van der Waals surface area contributed by atoms with Crippen LogP contribution in [0, 0.1) is 11.3 Å². The third-order valence-corrected chi connectivity index (χ3v) is 6.85. The van der Waals surface area contributed by atoms with Crippen molar-refractivity contribution >= 4 is 42.7 Å². The van der Waals surface area contributed by atoms with Crippen molar-refractivity contribution in [3.8, 4) is 6.07 Å². The molecule has 0 radical (unpaired) electrons. The van der Waals surface area contributed by atoms with Crippen LogP contribution in [0.1, 0.15) is 17.5 Å². The van der Waals surface area contributed by atoms with Crippen LogP contribution >= 0.6 is 31.9 Å². The van der Waals surface area contributed by atoms with E-state index in [1.165, 1.54) is 24.3 Å². The molecule has 0 fully saturated rings. The Balaban J connectivity index is 2.68. The van der Waals surface area contributed by atoms with Crippen LogP contribution in [0.4, 0.5) is 30.7 Å². The Morgan fingerprint density at radius 3 is 2.03 bits per heavy atom. The van der Waals surface area contributed by atoms with Crippen molar-refractivity contribution in [2.24, 2.45) is 0 Å². The molecule has 1 aromatic carbocycles. The molecule has 1 unspecified atom stereocenters. The van der Waals surface area contributed by atoms with Crippen LogP contribution in [0.25, 0.3) is 0 Å². The molecule has 2 rings (SSSR count). The molecule has 0 spiro atoms. The van der Waals surface area contributed by atoms with E-state index in [1.807, 2.05) is 0 Å². The fraction of sp³-hybridized carbons (Fsp3) is 0.353. The Morgan fingerprint density at radius 2 is 1.55 bits per heavy atom. The molecule has 0 bridgehead atoms. The maximum absolute atomic E-state index is 14.3. The lowest BCUT2D eigenvalue weighted by Crippen LogP contribution is -2.58. The first-order valence-corrected chi connectivity index (χ1v) is 10.4. The van der Waals surface area contributed by atoms with Crippen molar-refractivity contribution in [2.45, 2.75) is 34.9 Å². The third kappa shape index (κ3) is 4.46. The molecule has 0 saturated heterocycles. The van der Waals surface area contributed by atoms with Gasteiger partial charge in [0, 0.05) is 6.42 Å². The second kappa shape index (κ2) is 8.15. The molecule has 1 atom stereocenters. The zero-order valence-corrected chi connectivity index (χ0v) is 18.0. The number of hydrogen-bond donors (Lipinski definition) is 0. The van der Waals surface area contributed by atoms with Gasteiger partial charge in [-0.2, -0.15) is 36.0 Å². The Morgan fingerprint density at radius 1 is 1.03 bits per heavy atom. The highest BCUT2D eigenvalue weighted by Gasteiger charge is 2.77. The van der Waals surface area contributed by atoms with Gasteiger partial charge in [0.2, 0.25) is 0 Å². The molecule has 0 amide bonds. The van der Waals surface area contributed by atoms with Gasteiger partial charge in [0.25, 0.3) is 0 Å². The zero-order valence-electron chi connectivity index (χ0n) is 14.0. The molecule has 1 aliphatic rings. The Bertz CT molecular complexity index is 916. The van der Waals surface area contributed by atoms with Gasteiger partial charge in [0.1, 0.15) is 10.8 Å². The van der Waals surface area contributed by atoms with Crippen molar-refractivity contribution in [1.29, 1.82) is 5.26 Å². The van der Waals surface area contributed by atoms with Gasteiger partial charge >= 0.3 is 17.4 Å². The van der Waals surface area contributed by atoms with Crippen molar-refractivity contribution in [2.75, 3.05) is 0 Å². The predicted octanol–water partition coefficient (Wildman–Crippen LogP) is 6.34. The van der Waals surface area contributed by atoms with Gasteiger partial charge in [0.15, 0.2) is 0 Å². The molecule has 12 heteroatoms. The Kier molecular flexibility index (Phi) is 6.77. The highest BCUT2D eigenvalue weighted by molar-refractivity contribution is 9.12. The summed E-state index contributed by atoms with van der Waals surface area (Å²) >= 11 is 6.03. The maximum atomic E-state index is 14.3. The summed E-state index contributed by atoms with van der Waals surface area (Å²) < 4.78 is 104. The van der Waals surface area contributed by atoms with Gasteiger partial charge in [-0.3, -0.25) is 4.21 Å². The topological polar surface area (TPSA) is 40.9 Å². The summed E-state index contributed by atoms with van der Waals surface area (Å²) in [4.78, 5) is 0. The lowest BCUT2D eigenvalue weighted by Gasteiger charge is -2.37. The lowest BCUT2D eigenvalue weighted by molar-refractivity contribution is -0.331. The summed E-state index contributed by atoms with van der Waals surface area (Å²) in [7, 11) is -4.07. The smallest absolute Gasteiger partial charge is 0.252 e. The van der Waals surface area contributed by atoms with Gasteiger partial charge in [-0.15, -0.1) is 0 Å². The monoisotopic (exact) mass is 567 g/mol. The molecule has 29 heavy (non-hydrogen) atoms. The number of halogens is 9. The van der Waals surface area contributed by atoms with E-state index >= 15 is 0 Å². The first kappa shape index (κ1) is 24.1. The molecule has 158 valence electrons. The molecular formula is C17H10Br2F7NOS. The summed E-state index contributed by atoms with van der Waals surface area (Å²) in [6.07, 6.45) is -5.35. The van der Waals surface area contributed by atoms with E-state index in [1.54, 1.807) is 6.07 Å². The first-order valence-electron chi connectivity index (χ1n) is 7.65. The molecule has 0 saturated carbocycles. The van der Waals surface area contributed by atoms with E-state index in [2.05, 4.69) is 31.9 Å². The fourth-order valence-corrected chi connectivity index (χ4v) is 6.42. The summed E-state index contributed by atoms with van der Waals surface area (Å²) in [5.41, 5.74) is 0.0406. The zero-order chi connectivity index (χ0) is 22.3. The molecule has 0 heterocycles. The van der Waals surface area contributed by atoms with Crippen LogP contribution < -0.4 is 0 Å². The molecule has 2 nitrogen and oxygen atoms in total. The van der Waals surface area contributed by atoms with Crippen molar-refractivity contribution in [3.05, 3.63) is 56.5 Å². The summed E-state index contributed by atoms with van der Waals surface area (Å²) in [6, 6.07) is 7.29. The highest BCUT2D eigenvalue weighted by atomic mass is 79.9. The van der Waals surface area contributed by atoms with Gasteiger partial charge in [-0.05, 0) is 27.0 Å². The van der Waals surface area contributed by atoms with Gasteiger partial charge in [-0.25, -0.2) is 0 Å². The number of rotatable bonds is 5. The molecular weight excluding hydrogens is 559 g/mol. The van der Waals surface area contributed by atoms with E-state index in [-0.39, 0.29) is 26.5 Å². The van der Waals surface area contributed by atoms with E-state index in [9.17, 15) is 40.2 Å².